The van der Waals surface area contributed by atoms with Crippen LogP contribution in [-0.4, -0.2) is 32.7 Å². The normalized spacial score (nSPS) is 21.3. The summed E-state index contributed by atoms with van der Waals surface area (Å²) < 4.78 is 71.3. The molecule has 0 radical (unpaired) electrons. The maximum atomic E-state index is 13.2. The predicted octanol–water partition coefficient (Wildman–Crippen LogP) is 4.75. The summed E-state index contributed by atoms with van der Waals surface area (Å²) in [5.74, 6) is -0.343. The number of fused-ring (bicyclic) bond motifs is 2. The smallest absolute Gasteiger partial charge is 0.416 e. The molecule has 1 amide bonds. The van der Waals surface area contributed by atoms with E-state index in [-0.39, 0.29) is 17.9 Å². The molecule has 0 bridgehead atoms. The minimum atomic E-state index is -4.49. The van der Waals surface area contributed by atoms with Crippen molar-refractivity contribution >= 4 is 32.9 Å². The van der Waals surface area contributed by atoms with Gasteiger partial charge in [-0.1, -0.05) is 12.1 Å². The van der Waals surface area contributed by atoms with E-state index in [0.717, 1.165) is 24.1 Å². The van der Waals surface area contributed by atoms with E-state index in [1.165, 1.54) is 23.5 Å². The molecule has 2 aromatic carbocycles. The Balaban J connectivity index is 1.47. The first-order chi connectivity index (χ1) is 16.0. The molecule has 0 atom stereocenters. The van der Waals surface area contributed by atoms with Crippen molar-refractivity contribution in [3.8, 4) is 5.75 Å². The second-order valence-electron chi connectivity index (χ2n) is 9.02. The number of nitrogens with zero attached hydrogens (tertiary/aromatic N) is 1. The molecule has 6 nitrogen and oxygen atoms in total. The number of carbonyl (C=O) groups excluding carboxylic acids is 1. The molecule has 1 saturated carbocycles. The first-order valence-electron chi connectivity index (χ1n) is 11.0. The highest BCUT2D eigenvalue weighted by molar-refractivity contribution is 7.92. The number of amides is 1. The van der Waals surface area contributed by atoms with Gasteiger partial charge >= 0.3 is 6.18 Å². The topological polar surface area (TPSA) is 75.7 Å². The summed E-state index contributed by atoms with van der Waals surface area (Å²) in [6.07, 6.45) is -0.0143. The van der Waals surface area contributed by atoms with E-state index in [0.29, 0.717) is 41.8 Å². The monoisotopic (exact) mass is 492 g/mol. The van der Waals surface area contributed by atoms with Gasteiger partial charge < -0.3 is 10.1 Å². The Bertz CT molecular complexity index is 1310. The minimum Gasteiger partial charge on any atom is -0.486 e. The number of ether oxygens (including phenoxy) is 1. The van der Waals surface area contributed by atoms with Crippen molar-refractivity contribution < 1.29 is 31.1 Å². The van der Waals surface area contributed by atoms with Crippen LogP contribution in [0.25, 0.3) is 5.57 Å². The fraction of sp³-hybridized carbons (Fsp3) is 0.375. The lowest BCUT2D eigenvalue weighted by molar-refractivity contribution is -0.138. The molecule has 1 spiro atoms. The number of rotatable bonds is 2. The number of halogens is 3. The summed E-state index contributed by atoms with van der Waals surface area (Å²) in [5, 5.41) is 2.84. The molecular weight excluding hydrogens is 469 g/mol. The van der Waals surface area contributed by atoms with Gasteiger partial charge in [0.15, 0.2) is 0 Å². The van der Waals surface area contributed by atoms with E-state index < -0.39 is 33.3 Å². The fourth-order valence-electron chi connectivity index (χ4n) is 4.83. The van der Waals surface area contributed by atoms with Gasteiger partial charge in [-0.3, -0.25) is 9.10 Å². The predicted molar refractivity (Wildman–Crippen MR) is 122 cm³/mol. The summed E-state index contributed by atoms with van der Waals surface area (Å²) in [4.78, 5) is 13.0. The molecule has 3 aliphatic rings. The van der Waals surface area contributed by atoms with Crippen molar-refractivity contribution in [1.82, 2.24) is 0 Å². The van der Waals surface area contributed by atoms with Gasteiger partial charge in [0.25, 0.3) is 0 Å². The third kappa shape index (κ3) is 3.93. The number of sulfonamides is 1. The molecule has 2 aliphatic heterocycles. The van der Waals surface area contributed by atoms with Gasteiger partial charge in [0.2, 0.25) is 15.9 Å². The first-order valence-corrected chi connectivity index (χ1v) is 12.6. The lowest BCUT2D eigenvalue weighted by atomic mass is 9.72. The first kappa shape index (κ1) is 22.8. The number of benzene rings is 2. The Morgan fingerprint density at radius 1 is 1.21 bits per heavy atom. The van der Waals surface area contributed by atoms with Crippen LogP contribution in [0.15, 0.2) is 42.5 Å². The van der Waals surface area contributed by atoms with E-state index in [2.05, 4.69) is 5.32 Å². The van der Waals surface area contributed by atoms with Crippen LogP contribution in [0.5, 0.6) is 5.75 Å². The number of hydrogen-bond donors (Lipinski definition) is 1. The van der Waals surface area contributed by atoms with Gasteiger partial charge in [-0.05, 0) is 55.5 Å². The van der Waals surface area contributed by atoms with Crippen LogP contribution in [0, 0.1) is 0 Å². The van der Waals surface area contributed by atoms with Gasteiger partial charge in [-0.2, -0.15) is 13.2 Å². The summed E-state index contributed by atoms with van der Waals surface area (Å²) in [6.45, 7) is 0. The van der Waals surface area contributed by atoms with Gasteiger partial charge in [0, 0.05) is 36.4 Å². The van der Waals surface area contributed by atoms with Crippen molar-refractivity contribution in [2.75, 3.05) is 22.4 Å². The molecule has 0 unspecified atom stereocenters. The average molecular weight is 493 g/mol. The van der Waals surface area contributed by atoms with E-state index in [1.54, 1.807) is 18.2 Å². The number of hydrogen-bond acceptors (Lipinski definition) is 4. The van der Waals surface area contributed by atoms with Crippen LogP contribution in [0.3, 0.4) is 0 Å². The summed E-state index contributed by atoms with van der Waals surface area (Å²) in [6, 6.07) is 8.42. The molecule has 1 fully saturated rings. The standard InChI is InChI=1S/C24H23F3N2O4S/c1-29-20-5-2-4-19(18(20)8-11-34(29,31)32)28-22(30)12-15-14-23(9-3-10-23)33-21-13-16(24(25,26)27)6-7-17(15)21/h2,4-7,12-13H,3,8-11,14H2,1H3,(H,28,30). The molecule has 5 rings (SSSR count). The molecular formula is C24H23F3N2O4S. The lowest BCUT2D eigenvalue weighted by Crippen LogP contribution is -2.45. The third-order valence-corrected chi connectivity index (χ3v) is 8.59. The van der Waals surface area contributed by atoms with Crippen LogP contribution in [0.2, 0.25) is 0 Å². The Kier molecular flexibility index (Phi) is 5.20. The van der Waals surface area contributed by atoms with Gasteiger partial charge in [0.1, 0.15) is 11.4 Å². The zero-order valence-corrected chi connectivity index (χ0v) is 19.2. The molecule has 0 aromatic heterocycles. The molecule has 10 heteroatoms. The zero-order chi connectivity index (χ0) is 24.3. The van der Waals surface area contributed by atoms with Crippen molar-refractivity contribution in [2.45, 2.75) is 43.9 Å². The number of carbonyl (C=O) groups is 1. The molecule has 2 heterocycles. The summed E-state index contributed by atoms with van der Waals surface area (Å²) in [7, 11) is -1.91. The van der Waals surface area contributed by atoms with Crippen molar-refractivity contribution in [1.29, 1.82) is 0 Å². The van der Waals surface area contributed by atoms with Gasteiger partial charge in [-0.15, -0.1) is 0 Å². The molecule has 0 saturated heterocycles. The summed E-state index contributed by atoms with van der Waals surface area (Å²) in [5.41, 5.74) is 1.48. The van der Waals surface area contributed by atoms with Crippen LogP contribution in [0.4, 0.5) is 24.5 Å². The van der Waals surface area contributed by atoms with Gasteiger partial charge in [-0.25, -0.2) is 8.42 Å². The van der Waals surface area contributed by atoms with E-state index in [9.17, 15) is 26.4 Å². The average Bonchev–Trinajstić information content (AvgIpc) is 2.74. The zero-order valence-electron chi connectivity index (χ0n) is 18.4. The molecule has 34 heavy (non-hydrogen) atoms. The maximum Gasteiger partial charge on any atom is 0.416 e. The number of alkyl halides is 3. The van der Waals surface area contributed by atoms with Crippen molar-refractivity contribution in [3.63, 3.8) is 0 Å². The Morgan fingerprint density at radius 2 is 1.97 bits per heavy atom. The van der Waals surface area contributed by atoms with Crippen LogP contribution < -0.4 is 14.4 Å². The number of nitrogens with one attached hydrogen (secondary N) is 1. The Labute approximate surface area is 195 Å². The SMILES string of the molecule is CN1c2cccc(NC(=O)C=C3CC4(CCC4)Oc4cc(C(F)(F)F)ccc43)c2CCS1(=O)=O. The van der Waals surface area contributed by atoms with Crippen LogP contribution >= 0.6 is 0 Å². The van der Waals surface area contributed by atoms with E-state index in [1.807, 2.05) is 0 Å². The fourth-order valence-corrected chi connectivity index (χ4v) is 6.04. The quantitative estimate of drug-likeness (QED) is 0.614. The van der Waals surface area contributed by atoms with Crippen LogP contribution in [-0.2, 0) is 27.4 Å². The second-order valence-corrected chi connectivity index (χ2v) is 11.1. The van der Waals surface area contributed by atoms with Crippen molar-refractivity contribution in [2.24, 2.45) is 0 Å². The van der Waals surface area contributed by atoms with E-state index >= 15 is 0 Å². The van der Waals surface area contributed by atoms with Gasteiger partial charge in [0.05, 0.1) is 17.0 Å². The second kappa shape index (κ2) is 7.76. The third-order valence-electron chi connectivity index (χ3n) is 6.84. The highest BCUT2D eigenvalue weighted by Crippen LogP contribution is 2.50. The van der Waals surface area contributed by atoms with Crippen molar-refractivity contribution in [3.05, 3.63) is 59.2 Å². The lowest BCUT2D eigenvalue weighted by Gasteiger charge is -2.46. The Morgan fingerprint density at radius 3 is 2.65 bits per heavy atom. The number of anilines is 2. The Hall–Kier alpha value is -3.01. The minimum absolute atomic E-state index is 0.0563. The summed E-state index contributed by atoms with van der Waals surface area (Å²) >= 11 is 0. The maximum absolute atomic E-state index is 13.2. The van der Waals surface area contributed by atoms with E-state index in [4.69, 9.17) is 4.74 Å². The van der Waals surface area contributed by atoms with Crippen LogP contribution in [0.1, 0.15) is 42.4 Å². The highest BCUT2D eigenvalue weighted by atomic mass is 32.2. The largest absolute Gasteiger partial charge is 0.486 e. The molecule has 1 N–H and O–H groups in total. The molecule has 1 aliphatic carbocycles. The molecule has 180 valence electrons. The molecule has 2 aromatic rings. The highest BCUT2D eigenvalue weighted by Gasteiger charge is 2.44.